The number of amides is 2. The van der Waals surface area contributed by atoms with Gasteiger partial charge in [-0.05, 0) is 36.8 Å². The average Bonchev–Trinajstić information content (AvgIpc) is 2.86. The molecule has 0 bridgehead atoms. The Kier molecular flexibility index (Phi) is 5.61. The van der Waals surface area contributed by atoms with Crippen molar-refractivity contribution in [3.63, 3.8) is 0 Å². The van der Waals surface area contributed by atoms with Crippen LogP contribution in [0.2, 0.25) is 0 Å². The Labute approximate surface area is 157 Å². The van der Waals surface area contributed by atoms with E-state index in [1.54, 1.807) is 35.7 Å². The topological polar surface area (TPSA) is 88.1 Å². The number of hydrogen-bond donors (Lipinski definition) is 2. The second kappa shape index (κ2) is 8.09. The van der Waals surface area contributed by atoms with Crippen molar-refractivity contribution < 1.29 is 24.3 Å². The molecule has 2 aromatic rings. The maximum atomic E-state index is 12.9. The number of nitrogens with one attached hydrogen (secondary N) is 1. The van der Waals surface area contributed by atoms with Crippen molar-refractivity contribution in [1.29, 1.82) is 0 Å². The Morgan fingerprint density at radius 2 is 2.00 bits per heavy atom. The Morgan fingerprint density at radius 3 is 2.67 bits per heavy atom. The molecular formula is C20H22N2O5. The van der Waals surface area contributed by atoms with Gasteiger partial charge in [-0.2, -0.15) is 0 Å². The summed E-state index contributed by atoms with van der Waals surface area (Å²) >= 11 is 0. The lowest BCUT2D eigenvalue weighted by atomic mass is 10.1. The Balaban J connectivity index is 1.77. The van der Waals surface area contributed by atoms with Crippen LogP contribution in [0.15, 0.2) is 42.5 Å². The van der Waals surface area contributed by atoms with Crippen LogP contribution in [0.4, 0.5) is 0 Å². The molecule has 0 saturated heterocycles. The summed E-state index contributed by atoms with van der Waals surface area (Å²) in [4.78, 5) is 26.2. The van der Waals surface area contributed by atoms with Crippen LogP contribution in [0.1, 0.15) is 28.4 Å². The monoisotopic (exact) mass is 370 g/mol. The van der Waals surface area contributed by atoms with E-state index < -0.39 is 5.91 Å². The van der Waals surface area contributed by atoms with Gasteiger partial charge in [0.25, 0.3) is 5.91 Å². The van der Waals surface area contributed by atoms with Crippen LogP contribution in [-0.2, 0) is 17.8 Å². The predicted octanol–water partition coefficient (Wildman–Crippen LogP) is 2.17. The van der Waals surface area contributed by atoms with Gasteiger partial charge in [0.05, 0.1) is 19.6 Å². The van der Waals surface area contributed by atoms with Crippen LogP contribution in [0, 0.1) is 0 Å². The summed E-state index contributed by atoms with van der Waals surface area (Å²) in [6, 6.07) is 12.2. The van der Waals surface area contributed by atoms with Gasteiger partial charge < -0.3 is 14.4 Å². The second-order valence-corrected chi connectivity index (χ2v) is 6.47. The maximum absolute atomic E-state index is 12.9. The first-order chi connectivity index (χ1) is 13.0. The van der Waals surface area contributed by atoms with Crippen molar-refractivity contribution in [2.75, 3.05) is 13.7 Å². The number of hydroxylamine groups is 1. The molecule has 0 fully saturated rings. The molecular weight excluding hydrogens is 348 g/mol. The van der Waals surface area contributed by atoms with E-state index in [1.807, 2.05) is 31.2 Å². The minimum Gasteiger partial charge on any atom is -0.497 e. The second-order valence-electron chi connectivity index (χ2n) is 6.47. The number of fused-ring (bicyclic) bond motifs is 1. The fourth-order valence-corrected chi connectivity index (χ4v) is 3.02. The average molecular weight is 370 g/mol. The third kappa shape index (κ3) is 4.20. The number of methoxy groups -OCH3 is 1. The van der Waals surface area contributed by atoms with Crippen LogP contribution >= 0.6 is 0 Å². The van der Waals surface area contributed by atoms with Crippen molar-refractivity contribution in [3.8, 4) is 11.5 Å². The third-order valence-corrected chi connectivity index (χ3v) is 4.62. The molecule has 3 rings (SSSR count). The van der Waals surface area contributed by atoms with E-state index in [0.717, 1.165) is 16.9 Å². The Morgan fingerprint density at radius 1 is 1.26 bits per heavy atom. The summed E-state index contributed by atoms with van der Waals surface area (Å²) in [5.74, 6) is 0.689. The smallest absolute Gasteiger partial charge is 0.274 e. The van der Waals surface area contributed by atoms with E-state index in [2.05, 4.69) is 0 Å². The zero-order valence-corrected chi connectivity index (χ0v) is 15.3. The van der Waals surface area contributed by atoms with Gasteiger partial charge in [0.15, 0.2) is 0 Å². The quantitative estimate of drug-likeness (QED) is 0.636. The summed E-state index contributed by atoms with van der Waals surface area (Å²) in [5.41, 5.74) is 3.63. The van der Waals surface area contributed by atoms with Crippen LogP contribution in [0.25, 0.3) is 0 Å². The number of carbonyl (C=O) groups excluding carboxylic acids is 2. The fraction of sp³-hybridized carbons (Fsp3) is 0.300. The molecule has 7 heteroatoms. The third-order valence-electron chi connectivity index (χ3n) is 4.62. The normalized spacial score (nSPS) is 16.0. The molecule has 0 aliphatic carbocycles. The summed E-state index contributed by atoms with van der Waals surface area (Å²) in [6.45, 7) is 2.65. The summed E-state index contributed by atoms with van der Waals surface area (Å²) < 4.78 is 10.9. The zero-order chi connectivity index (χ0) is 19.4. The standard InChI is InChI=1S/C20H22N2O5/c1-13-12-27-18-10-15(20(24)21-25)5-6-16(18)11-22(13)19(23)9-14-3-7-17(26-2)8-4-14/h3-8,10,13,25H,9,11-12H2,1-2H3,(H,21,24)/t13-/m0/s1. The molecule has 0 radical (unpaired) electrons. The van der Waals surface area contributed by atoms with Gasteiger partial charge in [-0.15, -0.1) is 0 Å². The molecule has 1 aliphatic rings. The van der Waals surface area contributed by atoms with Crippen LogP contribution < -0.4 is 15.0 Å². The van der Waals surface area contributed by atoms with Crippen LogP contribution in [0.5, 0.6) is 11.5 Å². The van der Waals surface area contributed by atoms with E-state index in [1.165, 1.54) is 0 Å². The van der Waals surface area contributed by atoms with Crippen molar-refractivity contribution in [1.82, 2.24) is 10.4 Å². The number of hydrogen-bond acceptors (Lipinski definition) is 5. The molecule has 7 nitrogen and oxygen atoms in total. The molecule has 2 amide bonds. The predicted molar refractivity (Wildman–Crippen MR) is 97.9 cm³/mol. The highest BCUT2D eigenvalue weighted by Gasteiger charge is 2.26. The largest absolute Gasteiger partial charge is 0.497 e. The van der Waals surface area contributed by atoms with Crippen molar-refractivity contribution in [3.05, 3.63) is 59.2 Å². The highest BCUT2D eigenvalue weighted by atomic mass is 16.5. The van der Waals surface area contributed by atoms with Crippen molar-refractivity contribution in [2.24, 2.45) is 0 Å². The molecule has 0 aromatic heterocycles. The van der Waals surface area contributed by atoms with Crippen molar-refractivity contribution >= 4 is 11.8 Å². The molecule has 2 aromatic carbocycles. The molecule has 0 unspecified atom stereocenters. The highest BCUT2D eigenvalue weighted by molar-refractivity contribution is 5.93. The molecule has 2 N–H and O–H groups in total. The zero-order valence-electron chi connectivity index (χ0n) is 15.3. The minimum atomic E-state index is -0.605. The molecule has 1 heterocycles. The highest BCUT2D eigenvalue weighted by Crippen LogP contribution is 2.27. The lowest BCUT2D eigenvalue weighted by Crippen LogP contribution is -2.40. The minimum absolute atomic E-state index is 0.00120. The van der Waals surface area contributed by atoms with E-state index in [0.29, 0.717) is 24.5 Å². The van der Waals surface area contributed by atoms with Gasteiger partial charge in [-0.1, -0.05) is 18.2 Å². The number of nitrogens with zero attached hydrogens (tertiary/aromatic N) is 1. The molecule has 1 aliphatic heterocycles. The van der Waals surface area contributed by atoms with Gasteiger partial charge in [-0.25, -0.2) is 5.48 Å². The van der Waals surface area contributed by atoms with Crippen LogP contribution in [0.3, 0.4) is 0 Å². The first-order valence-electron chi connectivity index (χ1n) is 8.64. The SMILES string of the molecule is COc1ccc(CC(=O)N2Cc3ccc(C(=O)NO)cc3OC[C@@H]2C)cc1. The lowest BCUT2D eigenvalue weighted by Gasteiger charge is -2.26. The summed E-state index contributed by atoms with van der Waals surface area (Å²) in [6.07, 6.45) is 0.286. The van der Waals surface area contributed by atoms with E-state index >= 15 is 0 Å². The van der Waals surface area contributed by atoms with Gasteiger partial charge in [-0.3, -0.25) is 14.8 Å². The molecule has 0 saturated carbocycles. The first-order valence-corrected chi connectivity index (χ1v) is 8.64. The van der Waals surface area contributed by atoms with Gasteiger partial charge in [0.2, 0.25) is 5.91 Å². The number of carbonyl (C=O) groups is 2. The Hall–Kier alpha value is -3.06. The summed E-state index contributed by atoms with van der Waals surface area (Å²) in [5, 5.41) is 8.78. The maximum Gasteiger partial charge on any atom is 0.274 e. The molecule has 27 heavy (non-hydrogen) atoms. The number of benzene rings is 2. The lowest BCUT2D eigenvalue weighted by molar-refractivity contribution is -0.133. The summed E-state index contributed by atoms with van der Waals surface area (Å²) in [7, 11) is 1.60. The van der Waals surface area contributed by atoms with Gasteiger partial charge in [0, 0.05) is 17.7 Å². The van der Waals surface area contributed by atoms with Gasteiger partial charge in [0.1, 0.15) is 18.1 Å². The molecule has 1 atom stereocenters. The van der Waals surface area contributed by atoms with Crippen LogP contribution in [-0.4, -0.2) is 41.7 Å². The van der Waals surface area contributed by atoms with E-state index in [-0.39, 0.29) is 18.4 Å². The van der Waals surface area contributed by atoms with E-state index in [9.17, 15) is 9.59 Å². The van der Waals surface area contributed by atoms with Crippen molar-refractivity contribution in [2.45, 2.75) is 25.9 Å². The molecule has 0 spiro atoms. The number of ether oxygens (including phenoxy) is 2. The van der Waals surface area contributed by atoms with E-state index in [4.69, 9.17) is 14.7 Å². The van der Waals surface area contributed by atoms with Gasteiger partial charge >= 0.3 is 0 Å². The fourth-order valence-electron chi connectivity index (χ4n) is 3.02. The molecule has 142 valence electrons. The Bertz CT molecular complexity index is 835. The number of rotatable bonds is 4. The first kappa shape index (κ1) is 18.7.